The van der Waals surface area contributed by atoms with E-state index in [0.29, 0.717) is 12.1 Å². The Morgan fingerprint density at radius 2 is 2.00 bits per heavy atom. The quantitative estimate of drug-likeness (QED) is 0.605. The number of pyridine rings is 1. The summed E-state index contributed by atoms with van der Waals surface area (Å²) in [5.74, 6) is -0.0631. The number of nitrogens with zero attached hydrogens (tertiary/aromatic N) is 2. The minimum absolute atomic E-state index is 0.0631. The Balaban J connectivity index is 2.60. The molecule has 0 fully saturated rings. The summed E-state index contributed by atoms with van der Waals surface area (Å²) in [4.78, 5) is 6.45. The van der Waals surface area contributed by atoms with E-state index in [1.54, 1.807) is 6.92 Å². The van der Waals surface area contributed by atoms with Crippen molar-refractivity contribution in [1.82, 2.24) is 9.88 Å². The Morgan fingerprint density at radius 1 is 1.31 bits per heavy atom. The molecule has 0 aliphatic carbocycles. The average molecular weight is 180 g/mol. The van der Waals surface area contributed by atoms with Gasteiger partial charge < -0.3 is 0 Å². The van der Waals surface area contributed by atoms with E-state index in [-0.39, 0.29) is 5.82 Å². The molecule has 1 aliphatic heterocycles. The first-order chi connectivity index (χ1) is 6.09. The third-order valence-corrected chi connectivity index (χ3v) is 2.64. The number of hydrogen-bond acceptors (Lipinski definition) is 2. The summed E-state index contributed by atoms with van der Waals surface area (Å²) in [6, 6.07) is 0. The van der Waals surface area contributed by atoms with Crippen LogP contribution in [0.2, 0.25) is 0 Å². The van der Waals surface area contributed by atoms with Crippen molar-refractivity contribution in [1.29, 1.82) is 0 Å². The van der Waals surface area contributed by atoms with Gasteiger partial charge in [0.15, 0.2) is 0 Å². The molecule has 0 unspecified atom stereocenters. The van der Waals surface area contributed by atoms with Crippen LogP contribution in [-0.2, 0) is 13.1 Å². The topological polar surface area (TPSA) is 16.1 Å². The molecule has 13 heavy (non-hydrogen) atoms. The molecule has 0 spiro atoms. The van der Waals surface area contributed by atoms with Gasteiger partial charge in [-0.05, 0) is 20.9 Å². The third kappa shape index (κ3) is 1.23. The first-order valence-corrected chi connectivity index (χ1v) is 4.42. The molecule has 0 atom stereocenters. The molecule has 0 N–H and O–H groups in total. The lowest BCUT2D eigenvalue weighted by atomic mass is 10.1. The summed E-state index contributed by atoms with van der Waals surface area (Å²) in [5.41, 5.74) is 3.19. The van der Waals surface area contributed by atoms with Crippen molar-refractivity contribution in [3.8, 4) is 0 Å². The number of hydrogen-bond donors (Lipinski definition) is 0. The summed E-state index contributed by atoms with van der Waals surface area (Å²) < 4.78 is 13.7. The Hall–Kier alpha value is -0.960. The van der Waals surface area contributed by atoms with Gasteiger partial charge in [-0.15, -0.1) is 0 Å². The van der Waals surface area contributed by atoms with E-state index in [1.165, 1.54) is 0 Å². The first kappa shape index (κ1) is 8.63. The summed E-state index contributed by atoms with van der Waals surface area (Å²) in [6.07, 6.45) is 0. The van der Waals surface area contributed by atoms with Crippen molar-refractivity contribution >= 4 is 0 Å². The molecule has 2 nitrogen and oxygen atoms in total. The van der Waals surface area contributed by atoms with Crippen LogP contribution in [-0.4, -0.2) is 16.9 Å². The lowest BCUT2D eigenvalue weighted by Crippen LogP contribution is -2.08. The highest BCUT2D eigenvalue weighted by Gasteiger charge is 2.22. The number of halogens is 1. The zero-order chi connectivity index (χ0) is 9.59. The van der Waals surface area contributed by atoms with E-state index < -0.39 is 0 Å². The van der Waals surface area contributed by atoms with E-state index in [9.17, 15) is 4.39 Å². The molecule has 70 valence electrons. The molecule has 0 amide bonds. The number of fused-ring (bicyclic) bond motifs is 1. The molecule has 0 saturated heterocycles. The van der Waals surface area contributed by atoms with Crippen molar-refractivity contribution in [2.45, 2.75) is 26.9 Å². The van der Waals surface area contributed by atoms with Crippen LogP contribution < -0.4 is 0 Å². The number of aromatic nitrogens is 1. The van der Waals surface area contributed by atoms with Crippen LogP contribution in [0.5, 0.6) is 0 Å². The van der Waals surface area contributed by atoms with Crippen molar-refractivity contribution in [2.24, 2.45) is 0 Å². The van der Waals surface area contributed by atoms with Crippen molar-refractivity contribution < 1.29 is 4.39 Å². The third-order valence-electron chi connectivity index (χ3n) is 2.64. The summed E-state index contributed by atoms with van der Waals surface area (Å²) in [7, 11) is 1.98. The molecular formula is C10H13FN2. The molecule has 1 aromatic heterocycles. The van der Waals surface area contributed by atoms with Crippen LogP contribution in [0.3, 0.4) is 0 Å². The number of rotatable bonds is 0. The van der Waals surface area contributed by atoms with Crippen LogP contribution in [0, 0.1) is 19.7 Å². The Kier molecular flexibility index (Phi) is 1.84. The maximum atomic E-state index is 13.7. The summed E-state index contributed by atoms with van der Waals surface area (Å²) >= 11 is 0. The fourth-order valence-electron chi connectivity index (χ4n) is 1.74. The van der Waals surface area contributed by atoms with Gasteiger partial charge in [0.1, 0.15) is 5.82 Å². The molecule has 0 aromatic carbocycles. The lowest BCUT2D eigenvalue weighted by Gasteiger charge is -2.05. The Morgan fingerprint density at radius 3 is 2.69 bits per heavy atom. The summed E-state index contributed by atoms with van der Waals surface area (Å²) in [5, 5.41) is 0. The minimum Gasteiger partial charge on any atom is -0.296 e. The number of aryl methyl sites for hydroxylation is 1. The second-order valence-corrected chi connectivity index (χ2v) is 3.73. The van der Waals surface area contributed by atoms with E-state index in [0.717, 1.165) is 23.5 Å². The van der Waals surface area contributed by atoms with Gasteiger partial charge in [0.05, 0.1) is 5.69 Å². The molecular weight excluding hydrogens is 167 g/mol. The molecule has 3 heteroatoms. The monoisotopic (exact) mass is 180 g/mol. The first-order valence-electron chi connectivity index (χ1n) is 4.42. The predicted molar refractivity (Wildman–Crippen MR) is 48.8 cm³/mol. The smallest absolute Gasteiger partial charge is 0.134 e. The van der Waals surface area contributed by atoms with Gasteiger partial charge in [0, 0.05) is 29.9 Å². The fraction of sp³-hybridized carbons (Fsp3) is 0.500. The maximum absolute atomic E-state index is 13.7. The highest BCUT2D eigenvalue weighted by atomic mass is 19.1. The van der Waals surface area contributed by atoms with Crippen LogP contribution in [0.1, 0.15) is 22.5 Å². The SMILES string of the molecule is Cc1nc2c(c(F)c1C)CN(C)C2. The van der Waals surface area contributed by atoms with Crippen molar-refractivity contribution in [2.75, 3.05) is 7.05 Å². The minimum atomic E-state index is -0.0631. The van der Waals surface area contributed by atoms with E-state index in [2.05, 4.69) is 9.88 Å². The second-order valence-electron chi connectivity index (χ2n) is 3.73. The van der Waals surface area contributed by atoms with Gasteiger partial charge >= 0.3 is 0 Å². The van der Waals surface area contributed by atoms with Gasteiger partial charge in [0.25, 0.3) is 0 Å². The zero-order valence-electron chi connectivity index (χ0n) is 8.19. The largest absolute Gasteiger partial charge is 0.296 e. The molecule has 2 rings (SSSR count). The van der Waals surface area contributed by atoms with Gasteiger partial charge in [-0.25, -0.2) is 4.39 Å². The van der Waals surface area contributed by atoms with Crippen LogP contribution in [0.15, 0.2) is 0 Å². The average Bonchev–Trinajstić information content (AvgIpc) is 2.42. The fourth-order valence-corrected chi connectivity index (χ4v) is 1.74. The van der Waals surface area contributed by atoms with Gasteiger partial charge in [0.2, 0.25) is 0 Å². The van der Waals surface area contributed by atoms with Crippen LogP contribution >= 0.6 is 0 Å². The van der Waals surface area contributed by atoms with E-state index >= 15 is 0 Å². The predicted octanol–water partition coefficient (Wildman–Crippen LogP) is 1.78. The second kappa shape index (κ2) is 2.77. The van der Waals surface area contributed by atoms with Crippen LogP contribution in [0.25, 0.3) is 0 Å². The van der Waals surface area contributed by atoms with Crippen molar-refractivity contribution in [3.63, 3.8) is 0 Å². The van der Waals surface area contributed by atoms with Crippen molar-refractivity contribution in [3.05, 3.63) is 28.3 Å². The highest BCUT2D eigenvalue weighted by Crippen LogP contribution is 2.25. The van der Waals surface area contributed by atoms with Gasteiger partial charge in [-0.3, -0.25) is 9.88 Å². The van der Waals surface area contributed by atoms with Crippen LogP contribution in [0.4, 0.5) is 4.39 Å². The van der Waals surface area contributed by atoms with Gasteiger partial charge in [-0.1, -0.05) is 0 Å². The van der Waals surface area contributed by atoms with E-state index in [4.69, 9.17) is 0 Å². The Labute approximate surface area is 77.4 Å². The highest BCUT2D eigenvalue weighted by molar-refractivity contribution is 5.33. The molecule has 1 aliphatic rings. The molecule has 1 aromatic rings. The maximum Gasteiger partial charge on any atom is 0.134 e. The van der Waals surface area contributed by atoms with Gasteiger partial charge in [-0.2, -0.15) is 0 Å². The zero-order valence-corrected chi connectivity index (χ0v) is 8.19. The standard InChI is InChI=1S/C10H13FN2/c1-6-7(2)12-9-5-13(3)4-8(9)10(6)11/h4-5H2,1-3H3. The molecule has 0 radical (unpaired) electrons. The Bertz CT molecular complexity index is 360. The molecule has 0 bridgehead atoms. The summed E-state index contributed by atoms with van der Waals surface area (Å²) in [6.45, 7) is 5.11. The molecule has 0 saturated carbocycles. The normalized spacial score (nSPS) is 16.3. The molecule has 2 heterocycles. The lowest BCUT2D eigenvalue weighted by molar-refractivity contribution is 0.348. The van der Waals surface area contributed by atoms with E-state index in [1.807, 2.05) is 14.0 Å².